The van der Waals surface area contributed by atoms with Crippen molar-refractivity contribution in [3.8, 4) is 11.1 Å². The van der Waals surface area contributed by atoms with Crippen LogP contribution in [0.4, 0.5) is 0 Å². The van der Waals surface area contributed by atoms with E-state index in [9.17, 15) is 0 Å². The highest BCUT2D eigenvalue weighted by molar-refractivity contribution is 5.98. The smallest absolute Gasteiger partial charge is 0.0960 e. The van der Waals surface area contributed by atoms with Gasteiger partial charge in [0, 0.05) is 41.0 Å². The number of methoxy groups -OCH3 is 1. The summed E-state index contributed by atoms with van der Waals surface area (Å²) in [7, 11) is 1.69. The summed E-state index contributed by atoms with van der Waals surface area (Å²) in [4.78, 5) is 3.36. The van der Waals surface area contributed by atoms with E-state index in [1.54, 1.807) is 7.11 Å². The predicted molar refractivity (Wildman–Crippen MR) is 76.1 cm³/mol. The lowest BCUT2D eigenvalue weighted by Gasteiger charge is -2.03. The summed E-state index contributed by atoms with van der Waals surface area (Å²) < 4.78 is 5.22. The number of benzene rings is 1. The molecule has 4 heteroatoms. The lowest BCUT2D eigenvalue weighted by atomic mass is 10.0. The molecular formula is C15H17N3O. The summed E-state index contributed by atoms with van der Waals surface area (Å²) in [6.45, 7) is 4.66. The topological polar surface area (TPSA) is 53.7 Å². The van der Waals surface area contributed by atoms with Crippen LogP contribution >= 0.6 is 0 Å². The largest absolute Gasteiger partial charge is 0.378 e. The molecule has 0 fully saturated rings. The molecule has 0 aliphatic heterocycles. The van der Waals surface area contributed by atoms with Crippen molar-refractivity contribution in [3.63, 3.8) is 0 Å². The van der Waals surface area contributed by atoms with Gasteiger partial charge in [-0.15, -0.1) is 0 Å². The Bertz CT molecular complexity index is 724. The van der Waals surface area contributed by atoms with Gasteiger partial charge in [-0.1, -0.05) is 18.2 Å². The van der Waals surface area contributed by atoms with Gasteiger partial charge in [-0.25, -0.2) is 0 Å². The number of para-hydroxylation sites is 1. The van der Waals surface area contributed by atoms with Crippen LogP contribution < -0.4 is 0 Å². The number of hydrogen-bond donors (Lipinski definition) is 2. The van der Waals surface area contributed by atoms with Gasteiger partial charge in [-0.2, -0.15) is 5.10 Å². The van der Waals surface area contributed by atoms with E-state index in [1.807, 2.05) is 6.92 Å². The number of aryl methyl sites for hydroxylation is 2. The Balaban J connectivity index is 2.25. The second-order valence-corrected chi connectivity index (χ2v) is 4.80. The van der Waals surface area contributed by atoms with Crippen LogP contribution in [0.15, 0.2) is 24.4 Å². The van der Waals surface area contributed by atoms with Gasteiger partial charge in [-0.05, 0) is 19.4 Å². The normalized spacial score (nSPS) is 11.3. The maximum Gasteiger partial charge on any atom is 0.0960 e. The van der Waals surface area contributed by atoms with Crippen LogP contribution in [0.1, 0.15) is 17.0 Å². The fourth-order valence-corrected chi connectivity index (χ4v) is 2.59. The molecule has 0 amide bonds. The number of fused-ring (bicyclic) bond motifs is 1. The second-order valence-electron chi connectivity index (χ2n) is 4.80. The quantitative estimate of drug-likeness (QED) is 0.754. The first kappa shape index (κ1) is 12.0. The minimum absolute atomic E-state index is 0.512. The fraction of sp³-hybridized carbons (Fsp3) is 0.267. The zero-order chi connectivity index (χ0) is 13.4. The summed E-state index contributed by atoms with van der Waals surface area (Å²) in [5.74, 6) is 0. The standard InChI is InChI=1S/C15H17N3O/c1-9-5-4-6-11-12(7-16-15(9)11)14-10(2)17-18-13(14)8-19-3/h4-7,16H,8H2,1-3H3,(H,17,18). The molecule has 0 aliphatic carbocycles. The monoisotopic (exact) mass is 255 g/mol. The van der Waals surface area contributed by atoms with E-state index < -0.39 is 0 Å². The van der Waals surface area contributed by atoms with E-state index in [2.05, 4.69) is 46.5 Å². The van der Waals surface area contributed by atoms with E-state index in [1.165, 1.54) is 22.0 Å². The Labute approximate surface area is 111 Å². The average Bonchev–Trinajstić information content (AvgIpc) is 2.95. The van der Waals surface area contributed by atoms with Gasteiger partial charge >= 0.3 is 0 Å². The summed E-state index contributed by atoms with van der Waals surface area (Å²) in [5, 5.41) is 8.60. The van der Waals surface area contributed by atoms with Crippen LogP contribution in [0.5, 0.6) is 0 Å². The van der Waals surface area contributed by atoms with Gasteiger partial charge in [0.25, 0.3) is 0 Å². The molecule has 3 rings (SSSR count). The Kier molecular flexibility index (Phi) is 2.87. The molecule has 0 atom stereocenters. The first-order chi connectivity index (χ1) is 9.22. The Hall–Kier alpha value is -2.07. The molecular weight excluding hydrogens is 238 g/mol. The summed E-state index contributed by atoms with van der Waals surface area (Å²) >= 11 is 0. The highest BCUT2D eigenvalue weighted by atomic mass is 16.5. The minimum atomic E-state index is 0.512. The molecule has 2 aromatic heterocycles. The third kappa shape index (κ3) is 1.85. The summed E-state index contributed by atoms with van der Waals surface area (Å²) in [6.07, 6.45) is 2.05. The van der Waals surface area contributed by atoms with Crippen molar-refractivity contribution >= 4 is 10.9 Å². The molecule has 0 spiro atoms. The average molecular weight is 255 g/mol. The van der Waals surface area contributed by atoms with Gasteiger partial charge in [-0.3, -0.25) is 5.10 Å². The lowest BCUT2D eigenvalue weighted by Crippen LogP contribution is -1.90. The number of rotatable bonds is 3. The Morgan fingerprint density at radius 2 is 2.11 bits per heavy atom. The van der Waals surface area contributed by atoms with Crippen LogP contribution in [-0.4, -0.2) is 22.3 Å². The molecule has 2 heterocycles. The van der Waals surface area contributed by atoms with Crippen molar-refractivity contribution in [1.82, 2.24) is 15.2 Å². The molecule has 19 heavy (non-hydrogen) atoms. The molecule has 3 aromatic rings. The first-order valence-electron chi connectivity index (χ1n) is 6.32. The number of aromatic amines is 2. The Morgan fingerprint density at radius 1 is 1.26 bits per heavy atom. The summed E-state index contributed by atoms with van der Waals surface area (Å²) in [5.41, 5.74) is 6.76. The van der Waals surface area contributed by atoms with E-state index >= 15 is 0 Å². The van der Waals surface area contributed by atoms with Gasteiger partial charge < -0.3 is 9.72 Å². The maximum absolute atomic E-state index is 5.22. The fourth-order valence-electron chi connectivity index (χ4n) is 2.59. The number of hydrogen-bond acceptors (Lipinski definition) is 2. The molecule has 0 aliphatic rings. The van der Waals surface area contributed by atoms with Crippen LogP contribution in [0, 0.1) is 13.8 Å². The van der Waals surface area contributed by atoms with E-state index in [-0.39, 0.29) is 0 Å². The third-order valence-corrected chi connectivity index (χ3v) is 3.50. The molecule has 0 radical (unpaired) electrons. The zero-order valence-electron chi connectivity index (χ0n) is 11.4. The van der Waals surface area contributed by atoms with Crippen molar-refractivity contribution in [2.75, 3.05) is 7.11 Å². The minimum Gasteiger partial charge on any atom is -0.378 e. The van der Waals surface area contributed by atoms with Crippen molar-refractivity contribution in [1.29, 1.82) is 0 Å². The molecule has 0 saturated heterocycles. The second kappa shape index (κ2) is 4.55. The van der Waals surface area contributed by atoms with Crippen LogP contribution in [0.25, 0.3) is 22.0 Å². The van der Waals surface area contributed by atoms with Gasteiger partial charge in [0.2, 0.25) is 0 Å². The Morgan fingerprint density at radius 3 is 2.89 bits per heavy atom. The molecule has 0 saturated carbocycles. The van der Waals surface area contributed by atoms with Crippen molar-refractivity contribution in [2.45, 2.75) is 20.5 Å². The van der Waals surface area contributed by atoms with Crippen molar-refractivity contribution in [3.05, 3.63) is 41.3 Å². The van der Waals surface area contributed by atoms with Gasteiger partial charge in [0.1, 0.15) is 0 Å². The van der Waals surface area contributed by atoms with Crippen molar-refractivity contribution in [2.24, 2.45) is 0 Å². The molecule has 0 bridgehead atoms. The molecule has 4 nitrogen and oxygen atoms in total. The highest BCUT2D eigenvalue weighted by Crippen LogP contribution is 2.33. The first-order valence-corrected chi connectivity index (χ1v) is 6.32. The number of ether oxygens (including phenoxy) is 1. The molecule has 0 unspecified atom stereocenters. The van der Waals surface area contributed by atoms with E-state index in [0.717, 1.165) is 17.0 Å². The molecule has 1 aromatic carbocycles. The third-order valence-electron chi connectivity index (χ3n) is 3.50. The van der Waals surface area contributed by atoms with E-state index in [0.29, 0.717) is 6.61 Å². The predicted octanol–water partition coefficient (Wildman–Crippen LogP) is 3.32. The SMILES string of the molecule is COCc1n[nH]c(C)c1-c1c[nH]c2c(C)cccc12. The lowest BCUT2D eigenvalue weighted by molar-refractivity contribution is 0.182. The molecule has 98 valence electrons. The van der Waals surface area contributed by atoms with Crippen LogP contribution in [0.2, 0.25) is 0 Å². The number of aromatic nitrogens is 3. The molecule has 2 N–H and O–H groups in total. The van der Waals surface area contributed by atoms with Crippen LogP contribution in [0.3, 0.4) is 0 Å². The number of nitrogens with one attached hydrogen (secondary N) is 2. The van der Waals surface area contributed by atoms with E-state index in [4.69, 9.17) is 4.74 Å². The van der Waals surface area contributed by atoms with Gasteiger partial charge in [0.05, 0.1) is 12.3 Å². The number of H-pyrrole nitrogens is 2. The van der Waals surface area contributed by atoms with Crippen LogP contribution in [-0.2, 0) is 11.3 Å². The van der Waals surface area contributed by atoms with Crippen molar-refractivity contribution < 1.29 is 4.74 Å². The van der Waals surface area contributed by atoms with Gasteiger partial charge in [0.15, 0.2) is 0 Å². The summed E-state index contributed by atoms with van der Waals surface area (Å²) in [6, 6.07) is 6.33. The zero-order valence-corrected chi connectivity index (χ0v) is 11.4. The number of nitrogens with zero attached hydrogens (tertiary/aromatic N) is 1. The highest BCUT2D eigenvalue weighted by Gasteiger charge is 2.16. The maximum atomic E-state index is 5.22.